The number of carbonyl (C=O) groups is 1. The van der Waals surface area contributed by atoms with E-state index in [4.69, 9.17) is 11.6 Å². The fourth-order valence-electron chi connectivity index (χ4n) is 1.59. The average molecular weight is 277 g/mol. The number of rotatable bonds is 2. The minimum atomic E-state index is -0.535. The number of aromatic amines is 1. The lowest BCUT2D eigenvalue weighted by atomic mass is 10.3. The predicted octanol–water partition coefficient (Wildman–Crippen LogP) is 3.15. The van der Waals surface area contributed by atoms with Gasteiger partial charge in [-0.15, -0.1) is 0 Å². The lowest BCUT2D eigenvalue weighted by Crippen LogP contribution is -1.96. The zero-order chi connectivity index (χ0) is 13.8. The van der Waals surface area contributed by atoms with Crippen LogP contribution in [-0.4, -0.2) is 25.0 Å². The summed E-state index contributed by atoms with van der Waals surface area (Å²) in [7, 11) is 0. The Bertz CT molecular complexity index is 668. The number of H-pyrrole nitrogens is 1. The summed E-state index contributed by atoms with van der Waals surface area (Å²) in [5, 5.41) is 3.49. The maximum Gasteiger partial charge on any atom is 0.255 e. The van der Waals surface area contributed by atoms with E-state index in [0.717, 1.165) is 11.0 Å². The van der Waals surface area contributed by atoms with E-state index in [2.05, 4.69) is 15.1 Å². The number of hydrogen-bond acceptors (Lipinski definition) is 3. The van der Waals surface area contributed by atoms with Crippen molar-refractivity contribution in [3.05, 3.63) is 42.2 Å². The minimum Gasteiger partial charge on any atom is -0.322 e. The molecule has 3 rings (SSSR count). The van der Waals surface area contributed by atoms with Gasteiger partial charge in [0, 0.05) is 6.20 Å². The van der Waals surface area contributed by atoms with E-state index >= 15 is 0 Å². The predicted molar refractivity (Wildman–Crippen MR) is 74.7 cm³/mol. The second kappa shape index (κ2) is 5.67. The van der Waals surface area contributed by atoms with E-state index < -0.39 is 5.24 Å². The third kappa shape index (κ3) is 2.66. The van der Waals surface area contributed by atoms with Gasteiger partial charge in [-0.1, -0.05) is 26.0 Å². The van der Waals surface area contributed by atoms with Crippen LogP contribution in [0.1, 0.15) is 24.2 Å². The summed E-state index contributed by atoms with van der Waals surface area (Å²) in [6.45, 7) is 4.00. The van der Waals surface area contributed by atoms with Crippen molar-refractivity contribution in [3.63, 3.8) is 0 Å². The monoisotopic (exact) mass is 276 g/mol. The molecule has 3 aromatic rings. The zero-order valence-electron chi connectivity index (χ0n) is 10.6. The summed E-state index contributed by atoms with van der Waals surface area (Å²) >= 11 is 5.36. The van der Waals surface area contributed by atoms with Crippen LogP contribution in [0, 0.1) is 0 Å². The molecule has 5 nitrogen and oxygen atoms in total. The van der Waals surface area contributed by atoms with E-state index in [1.165, 1.54) is 17.1 Å². The summed E-state index contributed by atoms with van der Waals surface area (Å²) in [6.07, 6.45) is 2.94. The highest BCUT2D eigenvalue weighted by molar-refractivity contribution is 6.67. The molecular weight excluding hydrogens is 264 g/mol. The summed E-state index contributed by atoms with van der Waals surface area (Å²) in [5.74, 6) is 0.551. The Morgan fingerprint density at radius 2 is 2.05 bits per heavy atom. The average Bonchev–Trinajstić information content (AvgIpc) is 3.07. The SMILES string of the molecule is CC.O=C(Cl)c1cnn(-c2nc3ccccc3[nH]2)c1. The number of fused-ring (bicyclic) bond motifs is 1. The molecule has 2 aromatic heterocycles. The molecule has 0 amide bonds. The molecule has 0 unspecified atom stereocenters. The smallest absolute Gasteiger partial charge is 0.255 e. The molecule has 0 aliphatic carbocycles. The Kier molecular flexibility index (Phi) is 3.97. The van der Waals surface area contributed by atoms with Gasteiger partial charge in [0.2, 0.25) is 5.95 Å². The summed E-state index contributed by atoms with van der Waals surface area (Å²) in [5.41, 5.74) is 2.10. The molecular formula is C13H13ClN4O. The number of halogens is 1. The van der Waals surface area contributed by atoms with Gasteiger partial charge in [0.05, 0.1) is 22.8 Å². The van der Waals surface area contributed by atoms with Gasteiger partial charge < -0.3 is 4.98 Å². The largest absolute Gasteiger partial charge is 0.322 e. The first-order valence-corrected chi connectivity index (χ1v) is 6.31. The van der Waals surface area contributed by atoms with Gasteiger partial charge in [0.25, 0.3) is 5.24 Å². The van der Waals surface area contributed by atoms with Crippen LogP contribution in [0.3, 0.4) is 0 Å². The molecule has 0 saturated carbocycles. The van der Waals surface area contributed by atoms with Crippen LogP contribution in [0.15, 0.2) is 36.7 Å². The quantitative estimate of drug-likeness (QED) is 0.731. The second-order valence-electron chi connectivity index (χ2n) is 3.52. The Balaban J connectivity index is 0.000000637. The van der Waals surface area contributed by atoms with Crippen molar-refractivity contribution in [2.45, 2.75) is 13.8 Å². The van der Waals surface area contributed by atoms with Gasteiger partial charge >= 0.3 is 0 Å². The number of nitrogens with zero attached hydrogens (tertiary/aromatic N) is 3. The summed E-state index contributed by atoms with van der Waals surface area (Å²) in [6, 6.07) is 7.64. The first-order valence-electron chi connectivity index (χ1n) is 5.94. The van der Waals surface area contributed by atoms with Crippen molar-refractivity contribution in [3.8, 4) is 5.95 Å². The zero-order valence-corrected chi connectivity index (χ0v) is 11.3. The number of imidazole rings is 1. The molecule has 0 saturated heterocycles. The molecule has 98 valence electrons. The Labute approximate surface area is 115 Å². The van der Waals surface area contributed by atoms with Crippen LogP contribution in [0.2, 0.25) is 0 Å². The summed E-state index contributed by atoms with van der Waals surface area (Å²) < 4.78 is 1.48. The fraction of sp³-hybridized carbons (Fsp3) is 0.154. The highest BCUT2D eigenvalue weighted by atomic mass is 35.5. The van der Waals surface area contributed by atoms with Crippen LogP contribution >= 0.6 is 11.6 Å². The van der Waals surface area contributed by atoms with E-state index in [9.17, 15) is 4.79 Å². The highest BCUT2D eigenvalue weighted by Crippen LogP contribution is 2.13. The van der Waals surface area contributed by atoms with Crippen molar-refractivity contribution in [2.24, 2.45) is 0 Å². The molecule has 0 aliphatic rings. The number of para-hydroxylation sites is 2. The van der Waals surface area contributed by atoms with Gasteiger partial charge in [0.15, 0.2) is 0 Å². The molecule has 1 aromatic carbocycles. The van der Waals surface area contributed by atoms with Crippen molar-refractivity contribution in [1.29, 1.82) is 0 Å². The Hall–Kier alpha value is -2.14. The molecule has 2 heterocycles. The fourth-order valence-corrected chi connectivity index (χ4v) is 1.69. The number of hydrogen-bond donors (Lipinski definition) is 1. The van der Waals surface area contributed by atoms with Gasteiger partial charge in [-0.05, 0) is 23.7 Å². The van der Waals surface area contributed by atoms with E-state index in [1.807, 2.05) is 38.1 Å². The van der Waals surface area contributed by atoms with Crippen LogP contribution in [0.4, 0.5) is 0 Å². The van der Waals surface area contributed by atoms with Gasteiger partial charge in [-0.2, -0.15) is 5.10 Å². The molecule has 19 heavy (non-hydrogen) atoms. The van der Waals surface area contributed by atoms with Crippen molar-refractivity contribution in [2.75, 3.05) is 0 Å². The lowest BCUT2D eigenvalue weighted by molar-refractivity contribution is 0.108. The number of benzene rings is 1. The van der Waals surface area contributed by atoms with Gasteiger partial charge in [-0.25, -0.2) is 9.67 Å². The second-order valence-corrected chi connectivity index (χ2v) is 3.87. The third-order valence-corrected chi connectivity index (χ3v) is 2.62. The molecule has 0 atom stereocenters. The lowest BCUT2D eigenvalue weighted by Gasteiger charge is -1.92. The van der Waals surface area contributed by atoms with Crippen molar-refractivity contribution >= 4 is 27.9 Å². The van der Waals surface area contributed by atoms with Crippen LogP contribution in [-0.2, 0) is 0 Å². The van der Waals surface area contributed by atoms with Crippen molar-refractivity contribution in [1.82, 2.24) is 19.7 Å². The minimum absolute atomic E-state index is 0.340. The standard InChI is InChI=1S/C11H7ClN4O.C2H6/c12-10(17)7-5-13-16(6-7)11-14-8-3-1-2-4-9(8)15-11;1-2/h1-6H,(H,14,15);1-2H3. The Morgan fingerprint density at radius 1 is 1.32 bits per heavy atom. The van der Waals surface area contributed by atoms with Crippen molar-refractivity contribution < 1.29 is 4.79 Å². The molecule has 0 fully saturated rings. The maximum absolute atomic E-state index is 10.9. The highest BCUT2D eigenvalue weighted by Gasteiger charge is 2.09. The number of nitrogens with one attached hydrogen (secondary N) is 1. The molecule has 6 heteroatoms. The first-order chi connectivity index (χ1) is 9.24. The van der Waals surface area contributed by atoms with E-state index in [1.54, 1.807) is 0 Å². The van der Waals surface area contributed by atoms with Gasteiger partial charge in [0.1, 0.15) is 0 Å². The van der Waals surface area contributed by atoms with Crippen LogP contribution < -0.4 is 0 Å². The molecule has 0 bridgehead atoms. The normalized spacial score (nSPS) is 10.1. The first kappa shape index (κ1) is 13.3. The van der Waals surface area contributed by atoms with Crippen LogP contribution in [0.25, 0.3) is 17.0 Å². The number of aromatic nitrogens is 4. The Morgan fingerprint density at radius 3 is 2.68 bits per heavy atom. The molecule has 1 N–H and O–H groups in total. The van der Waals surface area contributed by atoms with E-state index in [-0.39, 0.29) is 0 Å². The van der Waals surface area contributed by atoms with Crippen LogP contribution in [0.5, 0.6) is 0 Å². The molecule has 0 spiro atoms. The van der Waals surface area contributed by atoms with E-state index in [0.29, 0.717) is 11.5 Å². The molecule has 0 radical (unpaired) electrons. The summed E-state index contributed by atoms with van der Waals surface area (Å²) in [4.78, 5) is 18.4. The number of carbonyl (C=O) groups excluding carboxylic acids is 1. The molecule has 0 aliphatic heterocycles. The maximum atomic E-state index is 10.9. The van der Waals surface area contributed by atoms with Gasteiger partial charge in [-0.3, -0.25) is 4.79 Å². The third-order valence-electron chi connectivity index (χ3n) is 2.40. The topological polar surface area (TPSA) is 63.6 Å².